The second kappa shape index (κ2) is 12.9. The van der Waals surface area contributed by atoms with Gasteiger partial charge >= 0.3 is 0 Å². The fourth-order valence-electron chi connectivity index (χ4n) is 6.37. The summed E-state index contributed by atoms with van der Waals surface area (Å²) in [4.78, 5) is 4.93. The van der Waals surface area contributed by atoms with E-state index in [1.165, 1.54) is 21.8 Å². The number of para-hydroxylation sites is 2. The van der Waals surface area contributed by atoms with E-state index in [-0.39, 0.29) is 0 Å². The molecule has 6 aromatic carbocycles. The second-order valence-corrected chi connectivity index (χ2v) is 12.1. The Bertz CT molecular complexity index is 2400. The predicted molar refractivity (Wildman–Crippen MR) is 206 cm³/mol. The lowest BCUT2D eigenvalue weighted by molar-refractivity contribution is 1.09. The number of hydrogen-bond acceptors (Lipinski definition) is 1. The standard InChI is InChI=1S/C45H34N4/c1-32(33-12-4-2-5-13-33)28-42(35-14-6-3-7-15-35)47-45(46)38-22-20-34(21-23-38)39-29-40(48-26-24-36-16-8-10-18-43(36)48)31-41(30-39)49-27-25-37-17-9-11-19-44(37)49/h2-31H,1H2,(H2,46,47)/b42-28-. The summed E-state index contributed by atoms with van der Waals surface area (Å²) in [5.74, 6) is 0.439. The molecule has 4 nitrogen and oxygen atoms in total. The molecule has 2 N–H and O–H groups in total. The molecule has 0 aliphatic rings. The van der Waals surface area contributed by atoms with Crippen LogP contribution in [0.25, 0.3) is 55.6 Å². The van der Waals surface area contributed by atoms with Gasteiger partial charge in [-0.3, -0.25) is 0 Å². The predicted octanol–water partition coefficient (Wildman–Crippen LogP) is 10.7. The monoisotopic (exact) mass is 630 g/mol. The molecule has 0 spiro atoms. The number of amidine groups is 1. The van der Waals surface area contributed by atoms with Crippen molar-refractivity contribution in [3.05, 3.63) is 206 Å². The molecule has 2 aromatic heterocycles. The molecule has 0 saturated carbocycles. The first-order chi connectivity index (χ1) is 24.1. The maximum atomic E-state index is 6.69. The molecule has 0 amide bonds. The number of fused-ring (bicyclic) bond motifs is 2. The minimum Gasteiger partial charge on any atom is -0.383 e. The Morgan fingerprint density at radius 3 is 1.59 bits per heavy atom. The van der Waals surface area contributed by atoms with E-state index < -0.39 is 0 Å². The van der Waals surface area contributed by atoms with Crippen LogP contribution in [-0.4, -0.2) is 15.0 Å². The average molecular weight is 631 g/mol. The van der Waals surface area contributed by atoms with Gasteiger partial charge in [-0.1, -0.05) is 128 Å². The smallest absolute Gasteiger partial charge is 0.131 e. The molecule has 0 saturated heterocycles. The van der Waals surface area contributed by atoms with E-state index in [4.69, 9.17) is 10.7 Å². The van der Waals surface area contributed by atoms with Crippen LogP contribution in [0.5, 0.6) is 0 Å². The number of benzene rings is 6. The first-order valence-corrected chi connectivity index (χ1v) is 16.4. The summed E-state index contributed by atoms with van der Waals surface area (Å²) in [7, 11) is 0. The van der Waals surface area contributed by atoms with Crippen LogP contribution in [0.2, 0.25) is 0 Å². The van der Waals surface area contributed by atoms with Crippen molar-refractivity contribution in [2.24, 2.45) is 10.7 Å². The van der Waals surface area contributed by atoms with Gasteiger partial charge in [-0.15, -0.1) is 0 Å². The molecule has 2 heterocycles. The van der Waals surface area contributed by atoms with E-state index >= 15 is 0 Å². The highest BCUT2D eigenvalue weighted by Crippen LogP contribution is 2.31. The van der Waals surface area contributed by atoms with E-state index in [9.17, 15) is 0 Å². The lowest BCUT2D eigenvalue weighted by Gasteiger charge is -2.14. The van der Waals surface area contributed by atoms with Crippen LogP contribution < -0.4 is 5.73 Å². The zero-order chi connectivity index (χ0) is 33.2. The van der Waals surface area contributed by atoms with Crippen LogP contribution in [-0.2, 0) is 0 Å². The molecule has 0 bridgehead atoms. The number of rotatable bonds is 8. The largest absolute Gasteiger partial charge is 0.383 e. The Kier molecular flexibility index (Phi) is 7.80. The number of aliphatic imine (C=N–C) groups is 1. The lowest BCUT2D eigenvalue weighted by Crippen LogP contribution is -2.13. The molecule has 234 valence electrons. The van der Waals surface area contributed by atoms with Gasteiger partial charge in [0, 0.05) is 34.9 Å². The van der Waals surface area contributed by atoms with Crippen molar-refractivity contribution in [1.29, 1.82) is 0 Å². The minimum absolute atomic E-state index is 0.439. The van der Waals surface area contributed by atoms with E-state index in [1.807, 2.05) is 78.9 Å². The van der Waals surface area contributed by atoms with Crippen LogP contribution in [0.1, 0.15) is 16.7 Å². The summed E-state index contributed by atoms with van der Waals surface area (Å²) in [6.07, 6.45) is 6.28. The lowest BCUT2D eigenvalue weighted by atomic mass is 10.0. The average Bonchev–Trinajstić information content (AvgIpc) is 3.80. The highest BCUT2D eigenvalue weighted by molar-refractivity contribution is 6.02. The summed E-state index contributed by atoms with van der Waals surface area (Å²) in [6, 6.07) is 56.6. The molecule has 0 aliphatic carbocycles. The number of allylic oxidation sites excluding steroid dienone is 2. The van der Waals surface area contributed by atoms with Crippen molar-refractivity contribution in [1.82, 2.24) is 9.13 Å². The molecule has 49 heavy (non-hydrogen) atoms. The van der Waals surface area contributed by atoms with Crippen LogP contribution >= 0.6 is 0 Å². The van der Waals surface area contributed by atoms with Gasteiger partial charge in [0.2, 0.25) is 0 Å². The van der Waals surface area contributed by atoms with Crippen LogP contribution in [0.3, 0.4) is 0 Å². The molecule has 0 unspecified atom stereocenters. The Morgan fingerprint density at radius 1 is 0.510 bits per heavy atom. The van der Waals surface area contributed by atoms with Crippen molar-refractivity contribution in [3.8, 4) is 22.5 Å². The fourth-order valence-corrected chi connectivity index (χ4v) is 6.37. The van der Waals surface area contributed by atoms with Crippen molar-refractivity contribution < 1.29 is 0 Å². The van der Waals surface area contributed by atoms with Gasteiger partial charge in [0.25, 0.3) is 0 Å². The number of nitrogens with two attached hydrogens (primary N) is 1. The third-order valence-corrected chi connectivity index (χ3v) is 8.94. The van der Waals surface area contributed by atoms with Gasteiger partial charge in [-0.2, -0.15) is 0 Å². The maximum absolute atomic E-state index is 6.69. The molecule has 0 aliphatic heterocycles. The highest BCUT2D eigenvalue weighted by atomic mass is 15.0. The molecule has 0 atom stereocenters. The van der Waals surface area contributed by atoms with Crippen LogP contribution in [0.15, 0.2) is 194 Å². The van der Waals surface area contributed by atoms with Crippen molar-refractivity contribution in [2.75, 3.05) is 0 Å². The van der Waals surface area contributed by atoms with Crippen LogP contribution in [0.4, 0.5) is 0 Å². The van der Waals surface area contributed by atoms with Gasteiger partial charge in [0.1, 0.15) is 5.84 Å². The van der Waals surface area contributed by atoms with Gasteiger partial charge < -0.3 is 14.9 Å². The van der Waals surface area contributed by atoms with Crippen LogP contribution in [0, 0.1) is 0 Å². The molecular weight excluding hydrogens is 597 g/mol. The van der Waals surface area contributed by atoms with E-state index in [0.717, 1.165) is 50.5 Å². The molecule has 8 aromatic rings. The van der Waals surface area contributed by atoms with E-state index in [1.54, 1.807) is 0 Å². The maximum Gasteiger partial charge on any atom is 0.131 e. The van der Waals surface area contributed by atoms with Gasteiger partial charge in [-0.05, 0) is 81.6 Å². The van der Waals surface area contributed by atoms with Gasteiger partial charge in [0.05, 0.1) is 16.7 Å². The first kappa shape index (κ1) is 29.7. The first-order valence-electron chi connectivity index (χ1n) is 16.4. The Balaban J connectivity index is 1.19. The van der Waals surface area contributed by atoms with Gasteiger partial charge in [0.15, 0.2) is 0 Å². The molecular formula is C45H34N4. The van der Waals surface area contributed by atoms with Crippen molar-refractivity contribution in [2.45, 2.75) is 0 Å². The zero-order valence-corrected chi connectivity index (χ0v) is 26.9. The zero-order valence-electron chi connectivity index (χ0n) is 26.9. The van der Waals surface area contributed by atoms with Gasteiger partial charge in [-0.25, -0.2) is 4.99 Å². The second-order valence-electron chi connectivity index (χ2n) is 12.1. The van der Waals surface area contributed by atoms with Crippen molar-refractivity contribution >= 4 is 38.9 Å². The summed E-state index contributed by atoms with van der Waals surface area (Å²) in [5.41, 5.74) is 17.9. The number of nitrogens with zero attached hydrogens (tertiary/aromatic N) is 3. The fraction of sp³-hybridized carbons (Fsp3) is 0. The van der Waals surface area contributed by atoms with E-state index in [2.05, 4.69) is 119 Å². The Morgan fingerprint density at radius 2 is 1.02 bits per heavy atom. The quantitative estimate of drug-likeness (QED) is 0.101. The number of hydrogen-bond donors (Lipinski definition) is 1. The Hall–Kier alpha value is -6.65. The third kappa shape index (κ3) is 5.99. The molecule has 4 heteroatoms. The highest BCUT2D eigenvalue weighted by Gasteiger charge is 2.12. The summed E-state index contributed by atoms with van der Waals surface area (Å²) < 4.78 is 4.52. The Labute approximate surface area is 286 Å². The molecule has 0 fully saturated rings. The summed E-state index contributed by atoms with van der Waals surface area (Å²) in [5, 5.41) is 2.41. The summed E-state index contributed by atoms with van der Waals surface area (Å²) >= 11 is 0. The minimum atomic E-state index is 0.439. The third-order valence-electron chi connectivity index (χ3n) is 8.94. The summed E-state index contributed by atoms with van der Waals surface area (Å²) in [6.45, 7) is 4.31. The normalized spacial score (nSPS) is 12.1. The molecule has 0 radical (unpaired) electrons. The molecule has 8 rings (SSSR count). The SMILES string of the molecule is C=C(/C=C(\N=C(N)c1ccc(-c2cc(-n3ccc4ccccc43)cc(-n3ccc4ccccc43)c2)cc1)c1ccccc1)c1ccccc1. The van der Waals surface area contributed by atoms with Crippen molar-refractivity contribution in [3.63, 3.8) is 0 Å². The number of aromatic nitrogens is 2. The topological polar surface area (TPSA) is 48.2 Å². The van der Waals surface area contributed by atoms with E-state index in [0.29, 0.717) is 5.84 Å².